The zero-order chi connectivity index (χ0) is 10.1. The summed E-state index contributed by atoms with van der Waals surface area (Å²) >= 11 is 3.35. The van der Waals surface area contributed by atoms with Gasteiger partial charge in [-0.25, -0.2) is 0 Å². The molecule has 0 aliphatic heterocycles. The van der Waals surface area contributed by atoms with E-state index in [4.69, 9.17) is 5.11 Å². The summed E-state index contributed by atoms with van der Waals surface area (Å²) in [6, 6.07) is 5.07. The van der Waals surface area contributed by atoms with Crippen LogP contribution in [0.25, 0.3) is 0 Å². The Labute approximate surface area is 86.3 Å². The average molecular weight is 245 g/mol. The molecule has 0 saturated heterocycles. The van der Waals surface area contributed by atoms with Gasteiger partial charge < -0.3 is 10.2 Å². The second kappa shape index (κ2) is 3.68. The number of phenolic OH excluding ortho intramolecular Hbond substituents is 1. The van der Waals surface area contributed by atoms with Gasteiger partial charge in [0.05, 0.1) is 6.61 Å². The van der Waals surface area contributed by atoms with Gasteiger partial charge in [0.1, 0.15) is 5.75 Å². The first-order valence-corrected chi connectivity index (χ1v) is 4.86. The molecule has 3 heteroatoms. The minimum atomic E-state index is -0.285. The van der Waals surface area contributed by atoms with Gasteiger partial charge in [-0.2, -0.15) is 0 Å². The van der Waals surface area contributed by atoms with Crippen LogP contribution >= 0.6 is 15.9 Å². The molecule has 0 amide bonds. The molecular weight excluding hydrogens is 232 g/mol. The predicted molar refractivity (Wildman–Crippen MR) is 55.9 cm³/mol. The summed E-state index contributed by atoms with van der Waals surface area (Å²) in [6.45, 7) is 3.98. The van der Waals surface area contributed by atoms with Crippen molar-refractivity contribution in [1.29, 1.82) is 0 Å². The van der Waals surface area contributed by atoms with Crippen molar-refractivity contribution in [2.75, 3.05) is 6.61 Å². The van der Waals surface area contributed by atoms with E-state index < -0.39 is 0 Å². The first kappa shape index (κ1) is 10.5. The smallest absolute Gasteiger partial charge is 0.116 e. The molecule has 0 unspecified atom stereocenters. The van der Waals surface area contributed by atoms with Crippen molar-refractivity contribution in [2.45, 2.75) is 19.3 Å². The third-order valence-corrected chi connectivity index (χ3v) is 2.73. The fourth-order valence-electron chi connectivity index (χ4n) is 1.14. The molecule has 1 aromatic carbocycles. The van der Waals surface area contributed by atoms with Gasteiger partial charge in [-0.15, -0.1) is 0 Å². The largest absolute Gasteiger partial charge is 0.508 e. The van der Waals surface area contributed by atoms with Crippen molar-refractivity contribution in [1.82, 2.24) is 0 Å². The number of halogens is 1. The zero-order valence-electron chi connectivity index (χ0n) is 7.71. The van der Waals surface area contributed by atoms with Crippen molar-refractivity contribution < 1.29 is 10.2 Å². The molecule has 0 heterocycles. The SMILES string of the molecule is CC(C)(CO)c1ccc(O)cc1Br. The van der Waals surface area contributed by atoms with Gasteiger partial charge in [0.2, 0.25) is 0 Å². The molecule has 0 bridgehead atoms. The standard InChI is InChI=1S/C10H13BrO2/c1-10(2,6-12)8-4-3-7(13)5-9(8)11/h3-5,12-13H,6H2,1-2H3. The Kier molecular flexibility index (Phi) is 2.98. The van der Waals surface area contributed by atoms with Crippen LogP contribution in [-0.2, 0) is 5.41 Å². The van der Waals surface area contributed by atoms with Gasteiger partial charge in [-0.1, -0.05) is 35.8 Å². The number of hydrogen-bond acceptors (Lipinski definition) is 2. The third-order valence-electron chi connectivity index (χ3n) is 2.08. The van der Waals surface area contributed by atoms with E-state index in [0.29, 0.717) is 0 Å². The quantitative estimate of drug-likeness (QED) is 0.840. The van der Waals surface area contributed by atoms with Gasteiger partial charge in [-0.3, -0.25) is 0 Å². The molecule has 0 fully saturated rings. The zero-order valence-corrected chi connectivity index (χ0v) is 9.30. The molecule has 0 radical (unpaired) electrons. The topological polar surface area (TPSA) is 40.5 Å². The monoisotopic (exact) mass is 244 g/mol. The van der Waals surface area contributed by atoms with Gasteiger partial charge in [-0.05, 0) is 17.7 Å². The summed E-state index contributed by atoms with van der Waals surface area (Å²) in [6.07, 6.45) is 0. The van der Waals surface area contributed by atoms with Gasteiger partial charge in [0.25, 0.3) is 0 Å². The second-order valence-electron chi connectivity index (χ2n) is 3.71. The molecular formula is C10H13BrO2. The van der Waals surface area contributed by atoms with E-state index in [0.717, 1.165) is 10.0 Å². The number of hydrogen-bond donors (Lipinski definition) is 2. The molecule has 72 valence electrons. The Bertz CT molecular complexity index is 308. The Morgan fingerprint density at radius 1 is 1.38 bits per heavy atom. The lowest BCUT2D eigenvalue weighted by Gasteiger charge is -2.23. The van der Waals surface area contributed by atoms with Crippen LogP contribution < -0.4 is 0 Å². The maximum atomic E-state index is 9.18. The van der Waals surface area contributed by atoms with Crippen LogP contribution in [0.4, 0.5) is 0 Å². The minimum absolute atomic E-state index is 0.0797. The fourth-order valence-corrected chi connectivity index (χ4v) is 2.04. The van der Waals surface area contributed by atoms with E-state index in [9.17, 15) is 5.11 Å². The van der Waals surface area contributed by atoms with Gasteiger partial charge >= 0.3 is 0 Å². The number of phenols is 1. The molecule has 1 aromatic rings. The normalized spacial score (nSPS) is 11.7. The number of benzene rings is 1. The van der Waals surface area contributed by atoms with Gasteiger partial charge in [0.15, 0.2) is 0 Å². The molecule has 1 rings (SSSR count). The van der Waals surface area contributed by atoms with Crippen LogP contribution in [0.1, 0.15) is 19.4 Å². The molecule has 0 aliphatic rings. The lowest BCUT2D eigenvalue weighted by atomic mass is 9.86. The van der Waals surface area contributed by atoms with Crippen LogP contribution in [0.2, 0.25) is 0 Å². The van der Waals surface area contributed by atoms with Crippen LogP contribution in [0.5, 0.6) is 5.75 Å². The molecule has 2 N–H and O–H groups in total. The average Bonchev–Trinajstić information content (AvgIpc) is 2.03. The van der Waals surface area contributed by atoms with Crippen molar-refractivity contribution in [3.8, 4) is 5.75 Å². The van der Waals surface area contributed by atoms with Crippen molar-refractivity contribution >= 4 is 15.9 Å². The van der Waals surface area contributed by atoms with Crippen LogP contribution in [0, 0.1) is 0 Å². The van der Waals surface area contributed by atoms with Crippen LogP contribution in [0.3, 0.4) is 0 Å². The second-order valence-corrected chi connectivity index (χ2v) is 4.56. The lowest BCUT2D eigenvalue weighted by Crippen LogP contribution is -2.22. The number of aliphatic hydroxyl groups is 1. The molecule has 0 aliphatic carbocycles. The third kappa shape index (κ3) is 2.23. The summed E-state index contributed by atoms with van der Waals surface area (Å²) in [5, 5.41) is 18.3. The van der Waals surface area contributed by atoms with E-state index in [1.807, 2.05) is 19.9 Å². The summed E-state index contributed by atoms with van der Waals surface area (Å²) in [5.41, 5.74) is 0.708. The van der Waals surface area contributed by atoms with Crippen molar-refractivity contribution in [3.63, 3.8) is 0 Å². The van der Waals surface area contributed by atoms with Gasteiger partial charge in [0, 0.05) is 9.89 Å². The highest BCUT2D eigenvalue weighted by Gasteiger charge is 2.21. The summed E-state index contributed by atoms with van der Waals surface area (Å²) in [5.74, 6) is 0.226. The van der Waals surface area contributed by atoms with E-state index in [2.05, 4.69) is 15.9 Å². The number of aliphatic hydroxyl groups excluding tert-OH is 1. The molecule has 2 nitrogen and oxygen atoms in total. The van der Waals surface area contributed by atoms with E-state index in [1.54, 1.807) is 12.1 Å². The fraction of sp³-hybridized carbons (Fsp3) is 0.400. The highest BCUT2D eigenvalue weighted by molar-refractivity contribution is 9.10. The molecule has 0 aromatic heterocycles. The Hall–Kier alpha value is -0.540. The predicted octanol–water partition coefficient (Wildman–Crippen LogP) is 2.42. The highest BCUT2D eigenvalue weighted by atomic mass is 79.9. The number of aromatic hydroxyl groups is 1. The molecule has 0 atom stereocenters. The van der Waals surface area contributed by atoms with Crippen molar-refractivity contribution in [3.05, 3.63) is 28.2 Å². The molecule has 0 spiro atoms. The van der Waals surface area contributed by atoms with E-state index >= 15 is 0 Å². The first-order valence-electron chi connectivity index (χ1n) is 4.07. The Morgan fingerprint density at radius 2 is 2.00 bits per heavy atom. The maximum absolute atomic E-state index is 9.18. The summed E-state index contributed by atoms with van der Waals surface area (Å²) in [7, 11) is 0. The summed E-state index contributed by atoms with van der Waals surface area (Å²) < 4.78 is 0.826. The summed E-state index contributed by atoms with van der Waals surface area (Å²) in [4.78, 5) is 0. The van der Waals surface area contributed by atoms with E-state index in [1.165, 1.54) is 0 Å². The Balaban J connectivity index is 3.16. The number of rotatable bonds is 2. The van der Waals surface area contributed by atoms with Crippen LogP contribution in [0.15, 0.2) is 22.7 Å². The van der Waals surface area contributed by atoms with Crippen molar-refractivity contribution in [2.24, 2.45) is 0 Å². The van der Waals surface area contributed by atoms with E-state index in [-0.39, 0.29) is 17.8 Å². The maximum Gasteiger partial charge on any atom is 0.116 e. The Morgan fingerprint density at radius 3 is 2.46 bits per heavy atom. The first-order chi connectivity index (χ1) is 5.97. The highest BCUT2D eigenvalue weighted by Crippen LogP contribution is 2.31. The van der Waals surface area contributed by atoms with Crippen LogP contribution in [-0.4, -0.2) is 16.8 Å². The molecule has 0 saturated carbocycles. The lowest BCUT2D eigenvalue weighted by molar-refractivity contribution is 0.218. The minimum Gasteiger partial charge on any atom is -0.508 e. The molecule has 13 heavy (non-hydrogen) atoms.